The van der Waals surface area contributed by atoms with Gasteiger partial charge in [0.2, 0.25) is 0 Å². The summed E-state index contributed by atoms with van der Waals surface area (Å²) in [5.74, 6) is -0.244. The van der Waals surface area contributed by atoms with Gasteiger partial charge in [-0.3, -0.25) is 4.68 Å². The van der Waals surface area contributed by atoms with Crippen molar-refractivity contribution < 1.29 is 9.13 Å². The van der Waals surface area contributed by atoms with Crippen LogP contribution in [0.3, 0.4) is 0 Å². The maximum absolute atomic E-state index is 13.7. The fourth-order valence-corrected chi connectivity index (χ4v) is 2.21. The molecule has 0 atom stereocenters. The summed E-state index contributed by atoms with van der Waals surface area (Å²) >= 11 is 0. The van der Waals surface area contributed by atoms with Crippen molar-refractivity contribution in [1.29, 1.82) is 0 Å². The smallest absolute Gasteiger partial charge is 0.167 e. The fraction of sp³-hybridized carbons (Fsp3) is 0.400. The summed E-state index contributed by atoms with van der Waals surface area (Å²) in [5, 5.41) is 7.60. The quantitative estimate of drug-likeness (QED) is 0.803. The van der Waals surface area contributed by atoms with Gasteiger partial charge in [0.05, 0.1) is 23.7 Å². The first kappa shape index (κ1) is 15.2. The molecule has 0 saturated carbocycles. The van der Waals surface area contributed by atoms with Gasteiger partial charge in [0.15, 0.2) is 11.6 Å². The number of anilines is 2. The average molecular weight is 292 g/mol. The summed E-state index contributed by atoms with van der Waals surface area (Å²) < 4.78 is 20.7. The van der Waals surface area contributed by atoms with Crippen LogP contribution in [0.5, 0.6) is 5.75 Å². The number of nitrogens with zero attached hydrogens (tertiary/aromatic N) is 2. The molecule has 2 aromatic rings. The number of nitrogen functional groups attached to an aromatic ring is 1. The van der Waals surface area contributed by atoms with E-state index in [1.807, 2.05) is 20.2 Å². The van der Waals surface area contributed by atoms with Crippen LogP contribution in [0.15, 0.2) is 18.3 Å². The van der Waals surface area contributed by atoms with E-state index in [1.165, 1.54) is 6.07 Å². The van der Waals surface area contributed by atoms with Gasteiger partial charge in [-0.1, -0.05) is 6.92 Å². The predicted octanol–water partition coefficient (Wildman–Crippen LogP) is 2.71. The lowest BCUT2D eigenvalue weighted by atomic mass is 10.2. The molecule has 0 radical (unpaired) electrons. The van der Waals surface area contributed by atoms with Crippen molar-refractivity contribution in [2.75, 3.05) is 17.7 Å². The molecule has 114 valence electrons. The van der Waals surface area contributed by atoms with Crippen LogP contribution in [0, 0.1) is 5.82 Å². The number of hydrogen-bond donors (Lipinski definition) is 2. The van der Waals surface area contributed by atoms with Crippen LogP contribution in [0.1, 0.15) is 25.1 Å². The van der Waals surface area contributed by atoms with Crippen molar-refractivity contribution in [1.82, 2.24) is 9.78 Å². The zero-order valence-electron chi connectivity index (χ0n) is 12.6. The van der Waals surface area contributed by atoms with Crippen molar-refractivity contribution in [3.63, 3.8) is 0 Å². The third-order valence-corrected chi connectivity index (χ3v) is 3.20. The third kappa shape index (κ3) is 3.45. The molecule has 0 fully saturated rings. The monoisotopic (exact) mass is 292 g/mol. The summed E-state index contributed by atoms with van der Waals surface area (Å²) in [7, 11) is 1.89. The zero-order chi connectivity index (χ0) is 15.4. The highest BCUT2D eigenvalue weighted by Gasteiger charge is 2.10. The number of hydrogen-bond acceptors (Lipinski definition) is 4. The molecule has 6 heteroatoms. The molecule has 0 bridgehead atoms. The first-order valence-electron chi connectivity index (χ1n) is 7.02. The van der Waals surface area contributed by atoms with Crippen molar-refractivity contribution in [3.8, 4) is 5.75 Å². The second-order valence-electron chi connectivity index (χ2n) is 4.78. The Morgan fingerprint density at radius 3 is 2.81 bits per heavy atom. The minimum Gasteiger partial charge on any atom is -0.491 e. The number of halogens is 1. The molecule has 1 aromatic carbocycles. The molecule has 0 aliphatic carbocycles. The van der Waals surface area contributed by atoms with E-state index in [9.17, 15) is 4.39 Å². The Balaban J connectivity index is 2.17. The van der Waals surface area contributed by atoms with Crippen LogP contribution in [-0.2, 0) is 20.0 Å². The van der Waals surface area contributed by atoms with Crippen molar-refractivity contribution in [2.45, 2.75) is 26.8 Å². The lowest BCUT2D eigenvalue weighted by Crippen LogP contribution is -2.05. The molecule has 1 aromatic heterocycles. The van der Waals surface area contributed by atoms with Crippen LogP contribution in [0.2, 0.25) is 0 Å². The Labute approximate surface area is 123 Å². The van der Waals surface area contributed by atoms with Gasteiger partial charge in [-0.05, 0) is 13.3 Å². The number of nitrogens with one attached hydrogen (secondary N) is 1. The van der Waals surface area contributed by atoms with Gasteiger partial charge >= 0.3 is 0 Å². The highest BCUT2D eigenvalue weighted by molar-refractivity contribution is 5.68. The molecule has 1 heterocycles. The van der Waals surface area contributed by atoms with Gasteiger partial charge in [-0.25, -0.2) is 4.39 Å². The summed E-state index contributed by atoms with van der Waals surface area (Å²) in [6.07, 6.45) is 2.83. The molecule has 0 spiro atoms. The van der Waals surface area contributed by atoms with Crippen LogP contribution in [0.25, 0.3) is 0 Å². The Hall–Kier alpha value is -2.24. The van der Waals surface area contributed by atoms with Gasteiger partial charge in [0.1, 0.15) is 0 Å². The van der Waals surface area contributed by atoms with E-state index < -0.39 is 5.82 Å². The van der Waals surface area contributed by atoms with Crippen LogP contribution in [0.4, 0.5) is 15.8 Å². The molecule has 0 amide bonds. The first-order valence-corrected chi connectivity index (χ1v) is 7.02. The molecule has 3 N–H and O–H groups in total. The summed E-state index contributed by atoms with van der Waals surface area (Å²) in [6, 6.07) is 2.87. The lowest BCUT2D eigenvalue weighted by Gasteiger charge is -2.12. The molecular formula is C15H21FN4O. The molecule has 21 heavy (non-hydrogen) atoms. The maximum Gasteiger partial charge on any atom is 0.167 e. The third-order valence-electron chi connectivity index (χ3n) is 3.20. The summed E-state index contributed by atoms with van der Waals surface area (Å²) in [5.41, 5.74) is 9.00. The topological polar surface area (TPSA) is 65.1 Å². The molecule has 5 nitrogen and oxygen atoms in total. The number of nitrogens with two attached hydrogens (primary N) is 1. The fourth-order valence-electron chi connectivity index (χ4n) is 2.21. The lowest BCUT2D eigenvalue weighted by molar-refractivity contribution is 0.322. The van der Waals surface area contributed by atoms with Gasteiger partial charge in [0, 0.05) is 37.5 Å². The van der Waals surface area contributed by atoms with Crippen LogP contribution in [-0.4, -0.2) is 16.4 Å². The van der Waals surface area contributed by atoms with Gasteiger partial charge in [0.25, 0.3) is 0 Å². The standard InChI is InChI=1S/C15H21FN4O/c1-4-13-10(9-20(3)19-13)8-18-14-7-15(21-5-2)11(16)6-12(14)17/h6-7,9,18H,4-5,8,17H2,1-3H3. The van der Waals surface area contributed by atoms with E-state index in [2.05, 4.69) is 17.3 Å². The second kappa shape index (κ2) is 6.47. The van der Waals surface area contributed by atoms with Gasteiger partial charge < -0.3 is 15.8 Å². The van der Waals surface area contributed by atoms with Crippen molar-refractivity contribution in [3.05, 3.63) is 35.4 Å². The second-order valence-corrected chi connectivity index (χ2v) is 4.78. The van der Waals surface area contributed by atoms with E-state index in [0.29, 0.717) is 24.5 Å². The van der Waals surface area contributed by atoms with Gasteiger partial charge in [-0.2, -0.15) is 5.10 Å². The van der Waals surface area contributed by atoms with Crippen LogP contribution < -0.4 is 15.8 Å². The summed E-state index contributed by atoms with van der Waals surface area (Å²) in [6.45, 7) is 4.86. The van der Waals surface area contributed by atoms with Gasteiger partial charge in [-0.15, -0.1) is 0 Å². The van der Waals surface area contributed by atoms with E-state index in [4.69, 9.17) is 10.5 Å². The summed E-state index contributed by atoms with van der Waals surface area (Å²) in [4.78, 5) is 0. The normalized spacial score (nSPS) is 10.7. The molecular weight excluding hydrogens is 271 g/mol. The molecule has 0 unspecified atom stereocenters. The number of benzene rings is 1. The minimum atomic E-state index is -0.449. The Kier molecular flexibility index (Phi) is 4.67. The SMILES string of the molecule is CCOc1cc(NCc2cn(C)nc2CC)c(N)cc1F. The molecule has 0 aliphatic rings. The number of ether oxygens (including phenoxy) is 1. The van der Waals surface area contributed by atoms with E-state index >= 15 is 0 Å². The Morgan fingerprint density at radius 1 is 1.38 bits per heavy atom. The number of aromatic nitrogens is 2. The first-order chi connectivity index (χ1) is 10.0. The minimum absolute atomic E-state index is 0.205. The molecule has 0 aliphatic heterocycles. The molecule has 2 rings (SSSR count). The maximum atomic E-state index is 13.7. The van der Waals surface area contributed by atoms with Crippen molar-refractivity contribution in [2.24, 2.45) is 7.05 Å². The average Bonchev–Trinajstić information content (AvgIpc) is 2.81. The predicted molar refractivity (Wildman–Crippen MR) is 81.9 cm³/mol. The number of rotatable bonds is 6. The zero-order valence-corrected chi connectivity index (χ0v) is 12.6. The number of aryl methyl sites for hydroxylation is 2. The highest BCUT2D eigenvalue weighted by Crippen LogP contribution is 2.28. The largest absolute Gasteiger partial charge is 0.491 e. The van der Waals surface area contributed by atoms with Crippen molar-refractivity contribution >= 4 is 11.4 Å². The van der Waals surface area contributed by atoms with Crippen LogP contribution >= 0.6 is 0 Å². The van der Waals surface area contributed by atoms with E-state index in [1.54, 1.807) is 10.7 Å². The molecule has 0 saturated heterocycles. The Morgan fingerprint density at radius 2 is 2.14 bits per heavy atom. The highest BCUT2D eigenvalue weighted by atomic mass is 19.1. The van der Waals surface area contributed by atoms with E-state index in [0.717, 1.165) is 17.7 Å². The van der Waals surface area contributed by atoms with E-state index in [-0.39, 0.29) is 5.75 Å². The Bertz CT molecular complexity index is 624.